The van der Waals surface area contributed by atoms with Gasteiger partial charge in [0.25, 0.3) is 0 Å². The van der Waals surface area contributed by atoms with E-state index in [1.807, 2.05) is 54.7 Å². The van der Waals surface area contributed by atoms with Crippen LogP contribution >= 0.6 is 0 Å². The first-order valence-corrected chi connectivity index (χ1v) is 25.9. The van der Waals surface area contributed by atoms with Crippen molar-refractivity contribution in [2.75, 3.05) is 13.2 Å². The molecule has 0 saturated carbocycles. The number of allylic oxidation sites excluding steroid dienone is 24. The van der Waals surface area contributed by atoms with Crippen LogP contribution < -0.4 is 0 Å². The molecule has 6 nitrogen and oxygen atoms in total. The molecule has 0 N–H and O–H groups in total. The molecule has 0 spiro atoms. The average molecular weight is 909 g/mol. The number of hydrogen-bond donors (Lipinski definition) is 0. The van der Waals surface area contributed by atoms with Crippen molar-refractivity contribution in [1.29, 1.82) is 0 Å². The van der Waals surface area contributed by atoms with Crippen molar-refractivity contribution >= 4 is 17.9 Å². The van der Waals surface area contributed by atoms with Gasteiger partial charge in [0.2, 0.25) is 0 Å². The number of hydrogen-bond acceptors (Lipinski definition) is 6. The Hall–Kier alpha value is -4.71. The highest BCUT2D eigenvalue weighted by molar-refractivity contribution is 5.71. The lowest BCUT2D eigenvalue weighted by atomic mass is 10.1. The summed E-state index contributed by atoms with van der Waals surface area (Å²) in [6, 6.07) is 0. The molecule has 0 aliphatic rings. The lowest BCUT2D eigenvalue weighted by Crippen LogP contribution is -2.30. The molecule has 0 aromatic heterocycles. The van der Waals surface area contributed by atoms with Gasteiger partial charge in [-0.3, -0.25) is 14.4 Å². The van der Waals surface area contributed by atoms with Crippen LogP contribution in [0.4, 0.5) is 0 Å². The molecule has 1 atom stereocenters. The molecule has 0 aromatic carbocycles. The van der Waals surface area contributed by atoms with Crippen LogP contribution in [-0.2, 0) is 28.6 Å². The summed E-state index contributed by atoms with van der Waals surface area (Å²) in [5, 5.41) is 0. The molecule has 0 heterocycles. The summed E-state index contributed by atoms with van der Waals surface area (Å²) in [6.07, 6.45) is 75.5. The van der Waals surface area contributed by atoms with Crippen molar-refractivity contribution in [2.24, 2.45) is 0 Å². The number of esters is 3. The summed E-state index contributed by atoms with van der Waals surface area (Å²) in [5.41, 5.74) is 0. The molecule has 0 radical (unpaired) electrons. The summed E-state index contributed by atoms with van der Waals surface area (Å²) in [4.78, 5) is 38.0. The lowest BCUT2D eigenvalue weighted by Gasteiger charge is -2.18. The Morgan fingerprint density at radius 1 is 0.333 bits per heavy atom. The first-order chi connectivity index (χ1) is 32.5. The number of carbonyl (C=O) groups is 3. The van der Waals surface area contributed by atoms with E-state index in [-0.39, 0.29) is 44.0 Å². The molecule has 0 fully saturated rings. The highest BCUT2D eigenvalue weighted by Gasteiger charge is 2.19. The lowest BCUT2D eigenvalue weighted by molar-refractivity contribution is -0.167. The van der Waals surface area contributed by atoms with Gasteiger partial charge < -0.3 is 14.2 Å². The van der Waals surface area contributed by atoms with E-state index in [4.69, 9.17) is 14.2 Å². The van der Waals surface area contributed by atoms with E-state index in [0.717, 1.165) is 96.3 Å². The molecule has 0 rings (SSSR count). The van der Waals surface area contributed by atoms with E-state index in [9.17, 15) is 14.4 Å². The third-order valence-electron chi connectivity index (χ3n) is 10.2. The summed E-state index contributed by atoms with van der Waals surface area (Å²) in [7, 11) is 0. The van der Waals surface area contributed by atoms with Crippen LogP contribution in [0, 0.1) is 0 Å². The molecule has 66 heavy (non-hydrogen) atoms. The first kappa shape index (κ1) is 61.3. The van der Waals surface area contributed by atoms with Crippen LogP contribution in [0.2, 0.25) is 0 Å². The molecule has 6 heteroatoms. The van der Waals surface area contributed by atoms with Gasteiger partial charge in [-0.25, -0.2) is 0 Å². The SMILES string of the molecule is CC/C=C/C=C/C=C/C=C/C=C/CCCC(=O)OCC(COC(=O)CCCCC/C=C/C/C=C/C/C=C/C/C=C/C/C=C/CC)OC(=O)CCCCC/C=C/C=C/CCCCCCCCC. The van der Waals surface area contributed by atoms with E-state index in [2.05, 4.69) is 112 Å². The summed E-state index contributed by atoms with van der Waals surface area (Å²) in [5.74, 6) is -1.08. The Labute approximate surface area is 404 Å². The van der Waals surface area contributed by atoms with Crippen molar-refractivity contribution in [2.45, 2.75) is 200 Å². The van der Waals surface area contributed by atoms with E-state index >= 15 is 0 Å². The van der Waals surface area contributed by atoms with Gasteiger partial charge in [0.15, 0.2) is 6.10 Å². The third-order valence-corrected chi connectivity index (χ3v) is 10.2. The molecule has 1 unspecified atom stereocenters. The van der Waals surface area contributed by atoms with Crippen molar-refractivity contribution in [3.05, 3.63) is 146 Å². The molecular formula is C60H92O6. The minimum atomic E-state index is -0.841. The fourth-order valence-electron chi connectivity index (χ4n) is 6.37. The quantitative estimate of drug-likeness (QED) is 0.0199. The van der Waals surface area contributed by atoms with Crippen molar-refractivity contribution in [3.63, 3.8) is 0 Å². The Morgan fingerprint density at radius 2 is 0.682 bits per heavy atom. The van der Waals surface area contributed by atoms with Gasteiger partial charge in [0.05, 0.1) is 0 Å². The average Bonchev–Trinajstić information content (AvgIpc) is 3.31. The van der Waals surface area contributed by atoms with Gasteiger partial charge in [-0.15, -0.1) is 0 Å². The van der Waals surface area contributed by atoms with E-state index in [1.54, 1.807) is 0 Å². The zero-order valence-corrected chi connectivity index (χ0v) is 41.9. The van der Waals surface area contributed by atoms with E-state index in [1.165, 1.54) is 44.9 Å². The Balaban J connectivity index is 4.60. The molecule has 0 saturated heterocycles. The monoisotopic (exact) mass is 909 g/mol. The second kappa shape index (κ2) is 52.9. The van der Waals surface area contributed by atoms with Crippen LogP contribution in [0.5, 0.6) is 0 Å². The molecular weight excluding hydrogens is 817 g/mol. The van der Waals surface area contributed by atoms with Crippen LogP contribution in [0.1, 0.15) is 194 Å². The molecule has 368 valence electrons. The standard InChI is InChI=1S/C60H92O6/c1-4-7-10-13-16-19-22-25-27-29-30-31-33-35-38-41-44-47-50-53-59(62)65-56-57(55-64-58(61)52-49-46-43-40-37-34-24-21-18-15-12-9-6-3)66-60(63)54-51-48-45-42-39-36-32-28-26-23-20-17-14-11-8-5-2/h7,9-10,12,15-16,18-19,21,24-25,27-28,30-32,34-40,43,57H,4-6,8,11,13-14,17,20,22-23,26,29,33,41-42,44-56H2,1-3H3/b10-7+,12-9+,18-15+,19-16+,24-21+,27-25+,31-30+,32-28+,37-34+,38-35+,39-36+,43-40+. The maximum absolute atomic E-state index is 12.8. The first-order valence-electron chi connectivity index (χ1n) is 25.9. The fourth-order valence-corrected chi connectivity index (χ4v) is 6.37. The van der Waals surface area contributed by atoms with Gasteiger partial charge in [0, 0.05) is 19.3 Å². The van der Waals surface area contributed by atoms with Crippen molar-refractivity contribution < 1.29 is 28.6 Å². The number of unbranched alkanes of at least 4 members (excludes halogenated alkanes) is 14. The molecule has 0 aliphatic heterocycles. The van der Waals surface area contributed by atoms with Crippen LogP contribution in [0.15, 0.2) is 146 Å². The van der Waals surface area contributed by atoms with Crippen LogP contribution in [0.25, 0.3) is 0 Å². The van der Waals surface area contributed by atoms with Crippen molar-refractivity contribution in [1.82, 2.24) is 0 Å². The van der Waals surface area contributed by atoms with Crippen LogP contribution in [-0.4, -0.2) is 37.2 Å². The summed E-state index contributed by atoms with van der Waals surface area (Å²) < 4.78 is 16.7. The predicted octanol–water partition coefficient (Wildman–Crippen LogP) is 17.3. The largest absolute Gasteiger partial charge is 0.462 e. The van der Waals surface area contributed by atoms with Gasteiger partial charge in [-0.05, 0) is 103 Å². The zero-order chi connectivity index (χ0) is 47.9. The fraction of sp³-hybridized carbons (Fsp3) is 0.550. The maximum Gasteiger partial charge on any atom is 0.306 e. The topological polar surface area (TPSA) is 78.9 Å². The smallest absolute Gasteiger partial charge is 0.306 e. The maximum atomic E-state index is 12.8. The van der Waals surface area contributed by atoms with E-state index < -0.39 is 6.10 Å². The number of carbonyl (C=O) groups excluding carboxylic acids is 3. The van der Waals surface area contributed by atoms with Gasteiger partial charge in [-0.2, -0.15) is 0 Å². The second-order valence-electron chi connectivity index (χ2n) is 16.5. The minimum absolute atomic E-state index is 0.135. The van der Waals surface area contributed by atoms with Gasteiger partial charge in [-0.1, -0.05) is 218 Å². The second-order valence-corrected chi connectivity index (χ2v) is 16.5. The predicted molar refractivity (Wildman–Crippen MR) is 283 cm³/mol. The van der Waals surface area contributed by atoms with Crippen LogP contribution in [0.3, 0.4) is 0 Å². The Morgan fingerprint density at radius 3 is 1.18 bits per heavy atom. The highest BCUT2D eigenvalue weighted by atomic mass is 16.6. The molecule has 0 aromatic rings. The van der Waals surface area contributed by atoms with Gasteiger partial charge >= 0.3 is 17.9 Å². The van der Waals surface area contributed by atoms with Gasteiger partial charge in [0.1, 0.15) is 13.2 Å². The number of ether oxygens (including phenoxy) is 3. The highest BCUT2D eigenvalue weighted by Crippen LogP contribution is 2.11. The number of rotatable bonds is 44. The Kier molecular flexibility index (Phi) is 49.1. The Bertz CT molecular complexity index is 1510. The van der Waals surface area contributed by atoms with E-state index in [0.29, 0.717) is 19.3 Å². The molecule has 0 amide bonds. The third kappa shape index (κ3) is 50.3. The molecule has 0 bridgehead atoms. The van der Waals surface area contributed by atoms with Crippen molar-refractivity contribution in [3.8, 4) is 0 Å². The molecule has 0 aliphatic carbocycles. The summed E-state index contributed by atoms with van der Waals surface area (Å²) >= 11 is 0. The summed E-state index contributed by atoms with van der Waals surface area (Å²) in [6.45, 7) is 6.23. The zero-order valence-electron chi connectivity index (χ0n) is 41.9. The normalized spacial score (nSPS) is 13.3. The minimum Gasteiger partial charge on any atom is -0.462 e.